The molecular formula is C14H10N4S2. The van der Waals surface area contributed by atoms with Crippen molar-refractivity contribution in [3.8, 4) is 6.07 Å². The van der Waals surface area contributed by atoms with Crippen molar-refractivity contribution in [2.75, 3.05) is 12.0 Å². The molecule has 1 heterocycles. The number of anilines is 1. The van der Waals surface area contributed by atoms with Gasteiger partial charge in [-0.1, -0.05) is 30.0 Å². The highest BCUT2D eigenvalue weighted by atomic mass is 32.2. The van der Waals surface area contributed by atoms with Gasteiger partial charge in [0.1, 0.15) is 16.9 Å². The molecule has 4 nitrogen and oxygen atoms in total. The van der Waals surface area contributed by atoms with Gasteiger partial charge in [-0.3, -0.25) is 0 Å². The van der Waals surface area contributed by atoms with E-state index in [1.165, 1.54) is 23.5 Å². The van der Waals surface area contributed by atoms with Crippen LogP contribution in [0.2, 0.25) is 0 Å². The number of benzene rings is 1. The Labute approximate surface area is 125 Å². The molecule has 2 aromatic rings. The number of thioether (sulfide) groups is 1. The zero-order valence-electron chi connectivity index (χ0n) is 10.6. The van der Waals surface area contributed by atoms with Crippen molar-refractivity contribution in [3.05, 3.63) is 47.3 Å². The number of nitrogens with zero attached hydrogens (tertiary/aromatic N) is 3. The fraction of sp³-hybridized carbons (Fsp3) is 0.0714. The van der Waals surface area contributed by atoms with E-state index in [2.05, 4.69) is 15.9 Å². The Hall–Kier alpha value is -2.15. The van der Waals surface area contributed by atoms with Crippen molar-refractivity contribution < 1.29 is 0 Å². The third kappa shape index (κ3) is 2.72. The smallest absolute Gasteiger partial charge is 0.242 e. The molecule has 0 radical (unpaired) electrons. The molecule has 6 heteroatoms. The number of rotatable bonds is 3. The molecule has 0 spiro atoms. The summed E-state index contributed by atoms with van der Waals surface area (Å²) in [7, 11) is 0. The van der Waals surface area contributed by atoms with E-state index in [1.54, 1.807) is 0 Å². The van der Waals surface area contributed by atoms with Gasteiger partial charge >= 0.3 is 0 Å². The van der Waals surface area contributed by atoms with Crippen molar-refractivity contribution in [2.45, 2.75) is 14.8 Å². The first-order chi connectivity index (χ1) is 9.71. The molecule has 0 unspecified atom stereocenters. The number of nitriles is 1. The van der Waals surface area contributed by atoms with Crippen molar-refractivity contribution in [1.82, 2.24) is 4.98 Å². The molecule has 0 aliphatic rings. The summed E-state index contributed by atoms with van der Waals surface area (Å²) in [4.78, 5) is 9.15. The minimum Gasteiger partial charge on any atom is -0.392 e. The van der Waals surface area contributed by atoms with E-state index in [4.69, 9.17) is 12.3 Å². The number of aromatic nitrogens is 1. The molecule has 0 saturated heterocycles. The van der Waals surface area contributed by atoms with Crippen LogP contribution in [0.3, 0.4) is 0 Å². The average Bonchev–Trinajstić information content (AvgIpc) is 2.47. The van der Waals surface area contributed by atoms with Crippen LogP contribution in [0.1, 0.15) is 5.56 Å². The minimum atomic E-state index is 0.168. The van der Waals surface area contributed by atoms with Crippen molar-refractivity contribution >= 4 is 35.0 Å². The van der Waals surface area contributed by atoms with Gasteiger partial charge < -0.3 is 5.73 Å². The molecule has 0 bridgehead atoms. The SMILES string of the molecule is [C-]#[N+]c1c(N)nc(Sc2ccccc2)c(C#N)c1SC. The monoisotopic (exact) mass is 298 g/mol. The molecule has 2 N–H and O–H groups in total. The van der Waals surface area contributed by atoms with E-state index in [0.717, 1.165) is 4.90 Å². The fourth-order valence-corrected chi connectivity index (χ4v) is 3.29. The first-order valence-electron chi connectivity index (χ1n) is 5.59. The Morgan fingerprint density at radius 1 is 1.35 bits per heavy atom. The molecule has 1 aromatic heterocycles. The van der Waals surface area contributed by atoms with E-state index < -0.39 is 0 Å². The molecule has 0 aliphatic carbocycles. The predicted octanol–water partition coefficient (Wildman–Crippen LogP) is 3.96. The van der Waals surface area contributed by atoms with Crippen molar-refractivity contribution in [3.63, 3.8) is 0 Å². The minimum absolute atomic E-state index is 0.168. The van der Waals surface area contributed by atoms with Crippen LogP contribution in [-0.2, 0) is 0 Å². The van der Waals surface area contributed by atoms with E-state index in [0.29, 0.717) is 15.5 Å². The Morgan fingerprint density at radius 3 is 2.60 bits per heavy atom. The Morgan fingerprint density at radius 2 is 2.05 bits per heavy atom. The number of hydrogen-bond acceptors (Lipinski definition) is 5. The van der Waals surface area contributed by atoms with E-state index in [9.17, 15) is 5.26 Å². The lowest BCUT2D eigenvalue weighted by atomic mass is 10.2. The summed E-state index contributed by atoms with van der Waals surface area (Å²) in [6.07, 6.45) is 1.82. The van der Waals surface area contributed by atoms with Gasteiger partial charge in [0.25, 0.3) is 0 Å². The highest BCUT2D eigenvalue weighted by molar-refractivity contribution is 8.00. The highest BCUT2D eigenvalue weighted by Gasteiger charge is 2.18. The molecule has 0 saturated carbocycles. The zero-order valence-corrected chi connectivity index (χ0v) is 12.3. The third-order valence-corrected chi connectivity index (χ3v) is 4.31. The van der Waals surface area contributed by atoms with Gasteiger partial charge in [-0.15, -0.1) is 11.8 Å². The second-order valence-corrected chi connectivity index (χ2v) is 5.58. The molecule has 0 atom stereocenters. The number of hydrogen-bond donors (Lipinski definition) is 1. The molecule has 0 fully saturated rings. The van der Waals surface area contributed by atoms with Crippen LogP contribution in [0.25, 0.3) is 4.85 Å². The molecule has 98 valence electrons. The van der Waals surface area contributed by atoms with Gasteiger partial charge in [-0.05, 0) is 18.4 Å². The maximum atomic E-state index is 9.36. The molecule has 20 heavy (non-hydrogen) atoms. The molecule has 0 amide bonds. The molecular weight excluding hydrogens is 288 g/mol. The Kier molecular flexibility index (Phi) is 4.52. The third-order valence-electron chi connectivity index (χ3n) is 2.51. The quantitative estimate of drug-likeness (QED) is 0.686. The first kappa shape index (κ1) is 14.3. The second-order valence-electron chi connectivity index (χ2n) is 3.70. The summed E-state index contributed by atoms with van der Waals surface area (Å²) in [6.45, 7) is 7.17. The van der Waals surface area contributed by atoms with Gasteiger partial charge in [0, 0.05) is 9.79 Å². The van der Waals surface area contributed by atoms with E-state index >= 15 is 0 Å². The van der Waals surface area contributed by atoms with E-state index in [1.807, 2.05) is 36.6 Å². The first-order valence-corrected chi connectivity index (χ1v) is 7.63. The summed E-state index contributed by atoms with van der Waals surface area (Å²) >= 11 is 2.71. The maximum absolute atomic E-state index is 9.36. The normalized spacial score (nSPS) is 9.75. The van der Waals surface area contributed by atoms with Crippen molar-refractivity contribution in [2.24, 2.45) is 0 Å². The van der Waals surface area contributed by atoms with E-state index in [-0.39, 0.29) is 11.5 Å². The lowest BCUT2D eigenvalue weighted by Crippen LogP contribution is -1.98. The summed E-state index contributed by atoms with van der Waals surface area (Å²) < 4.78 is 0. The van der Waals surface area contributed by atoms with Crippen LogP contribution in [-0.4, -0.2) is 11.2 Å². The van der Waals surface area contributed by atoms with Crippen LogP contribution in [0, 0.1) is 17.9 Å². The molecule has 2 rings (SSSR count). The second kappa shape index (κ2) is 6.33. The average molecular weight is 298 g/mol. The number of nitrogens with two attached hydrogens (primary N) is 1. The summed E-state index contributed by atoms with van der Waals surface area (Å²) in [5, 5.41) is 9.89. The number of pyridine rings is 1. The fourth-order valence-electron chi connectivity index (χ4n) is 1.63. The summed E-state index contributed by atoms with van der Waals surface area (Å²) in [5.41, 5.74) is 6.49. The van der Waals surface area contributed by atoms with Gasteiger partial charge in [0.2, 0.25) is 5.69 Å². The summed E-state index contributed by atoms with van der Waals surface area (Å²) in [6, 6.07) is 11.8. The predicted molar refractivity (Wildman–Crippen MR) is 82.0 cm³/mol. The molecule has 1 aromatic carbocycles. The molecule has 0 aliphatic heterocycles. The maximum Gasteiger partial charge on any atom is 0.242 e. The zero-order chi connectivity index (χ0) is 14.5. The highest BCUT2D eigenvalue weighted by Crippen LogP contribution is 2.41. The standard InChI is InChI=1S/C14H10N4S2/c1-17-11-12(19-2)10(8-15)14(18-13(11)16)20-9-6-4-3-5-7-9/h3-7H,2H3,(H2,16,18). The lowest BCUT2D eigenvalue weighted by molar-refractivity contribution is 1.08. The van der Waals surface area contributed by atoms with Crippen LogP contribution in [0.4, 0.5) is 11.5 Å². The van der Waals surface area contributed by atoms with Gasteiger partial charge in [0.15, 0.2) is 0 Å². The van der Waals surface area contributed by atoms with Gasteiger partial charge in [0.05, 0.1) is 12.1 Å². The van der Waals surface area contributed by atoms with Crippen LogP contribution >= 0.6 is 23.5 Å². The van der Waals surface area contributed by atoms with Gasteiger partial charge in [-0.25, -0.2) is 9.83 Å². The topological polar surface area (TPSA) is 67.1 Å². The van der Waals surface area contributed by atoms with Crippen molar-refractivity contribution in [1.29, 1.82) is 5.26 Å². The van der Waals surface area contributed by atoms with Crippen LogP contribution in [0.15, 0.2) is 45.1 Å². The summed E-state index contributed by atoms with van der Waals surface area (Å²) in [5.74, 6) is 0.168. The number of nitrogen functional groups attached to an aromatic ring is 1. The van der Waals surface area contributed by atoms with Crippen LogP contribution < -0.4 is 5.73 Å². The largest absolute Gasteiger partial charge is 0.392 e. The lowest BCUT2D eigenvalue weighted by Gasteiger charge is -2.10. The van der Waals surface area contributed by atoms with Gasteiger partial charge in [-0.2, -0.15) is 5.26 Å². The Balaban J connectivity index is 2.58. The Bertz CT molecular complexity index is 715. The van der Waals surface area contributed by atoms with Crippen LogP contribution in [0.5, 0.6) is 0 Å².